The number of benzene rings is 3. The number of rotatable bonds is 11. The molecule has 2 atom stereocenters. The van der Waals surface area contributed by atoms with Crippen LogP contribution >= 0.6 is 22.6 Å². The molecule has 0 fully saturated rings. The molecule has 10 heteroatoms. The van der Waals surface area contributed by atoms with E-state index in [4.69, 9.17) is 15.2 Å². The molecule has 0 unspecified atom stereocenters. The van der Waals surface area contributed by atoms with Crippen molar-refractivity contribution in [3.63, 3.8) is 0 Å². The second-order valence-corrected chi connectivity index (χ2v) is 9.86. The SMILES string of the molecule is CO[C@@H](CC/C=C/C(=O)Nc1ccccc1N)[C@@H](OC(=O)Nc1ccc(C(C)=O)cc1)c1cc(I)ccc1O. The molecule has 3 aromatic carbocycles. The van der Waals surface area contributed by atoms with Crippen LogP contribution in [0.5, 0.6) is 5.75 Å². The summed E-state index contributed by atoms with van der Waals surface area (Å²) in [5.41, 5.74) is 8.19. The van der Waals surface area contributed by atoms with Gasteiger partial charge in [0.05, 0.1) is 17.5 Å². The van der Waals surface area contributed by atoms with Crippen molar-refractivity contribution in [3.8, 4) is 5.75 Å². The lowest BCUT2D eigenvalue weighted by Gasteiger charge is -2.27. The van der Waals surface area contributed by atoms with Gasteiger partial charge in [0, 0.05) is 27.5 Å². The molecule has 204 valence electrons. The van der Waals surface area contributed by atoms with Crippen LogP contribution in [-0.2, 0) is 14.3 Å². The summed E-state index contributed by atoms with van der Waals surface area (Å²) >= 11 is 2.10. The number of methoxy groups -OCH3 is 1. The zero-order valence-electron chi connectivity index (χ0n) is 21.5. The lowest BCUT2D eigenvalue weighted by molar-refractivity contribution is -0.111. The Morgan fingerprint density at radius 2 is 1.77 bits per heavy atom. The van der Waals surface area contributed by atoms with Gasteiger partial charge in [-0.1, -0.05) is 18.2 Å². The Balaban J connectivity index is 1.70. The summed E-state index contributed by atoms with van der Waals surface area (Å²) in [5, 5.41) is 15.9. The number of Topliss-reactive ketones (excluding diaryl/α,β-unsaturated/α-hetero) is 1. The number of hydrogen-bond acceptors (Lipinski definition) is 7. The summed E-state index contributed by atoms with van der Waals surface area (Å²) in [6.07, 6.45) is 1.54. The molecule has 3 rings (SSSR count). The zero-order valence-corrected chi connectivity index (χ0v) is 23.7. The number of allylic oxidation sites excluding steroid dienone is 1. The smallest absolute Gasteiger partial charge is 0.412 e. The molecule has 0 spiro atoms. The molecule has 0 aromatic heterocycles. The van der Waals surface area contributed by atoms with Crippen molar-refractivity contribution >= 4 is 57.4 Å². The first-order valence-electron chi connectivity index (χ1n) is 12.1. The number of ether oxygens (including phenoxy) is 2. The van der Waals surface area contributed by atoms with E-state index in [2.05, 4.69) is 33.2 Å². The largest absolute Gasteiger partial charge is 0.508 e. The molecule has 0 bridgehead atoms. The molecule has 2 amide bonds. The first-order chi connectivity index (χ1) is 18.7. The molecule has 5 N–H and O–H groups in total. The quantitative estimate of drug-likeness (QED) is 0.0862. The third kappa shape index (κ3) is 8.82. The number of aromatic hydroxyl groups is 1. The first kappa shape index (κ1) is 29.7. The minimum absolute atomic E-state index is 0.0450. The Morgan fingerprint density at radius 1 is 1.05 bits per heavy atom. The average molecular weight is 643 g/mol. The lowest BCUT2D eigenvalue weighted by atomic mass is 9.99. The van der Waals surface area contributed by atoms with Gasteiger partial charge >= 0.3 is 6.09 Å². The van der Waals surface area contributed by atoms with E-state index in [0.717, 1.165) is 3.57 Å². The molecule has 0 saturated carbocycles. The fourth-order valence-corrected chi connectivity index (χ4v) is 4.29. The molecule has 0 heterocycles. The van der Waals surface area contributed by atoms with Gasteiger partial charge in [-0.05, 0) is 103 Å². The van der Waals surface area contributed by atoms with Crippen LogP contribution in [0.2, 0.25) is 0 Å². The molecule has 39 heavy (non-hydrogen) atoms. The summed E-state index contributed by atoms with van der Waals surface area (Å²) < 4.78 is 12.3. The minimum Gasteiger partial charge on any atom is -0.508 e. The maximum Gasteiger partial charge on any atom is 0.412 e. The Labute approximate surface area is 240 Å². The van der Waals surface area contributed by atoms with Gasteiger partial charge in [0.1, 0.15) is 5.75 Å². The summed E-state index contributed by atoms with van der Waals surface area (Å²) in [5.74, 6) is -0.464. The lowest BCUT2D eigenvalue weighted by Crippen LogP contribution is -2.28. The zero-order chi connectivity index (χ0) is 28.4. The molecular weight excluding hydrogens is 613 g/mol. The second kappa shape index (κ2) is 14.3. The number of carbonyl (C=O) groups is 3. The van der Waals surface area contributed by atoms with Gasteiger partial charge in [-0.15, -0.1) is 0 Å². The number of anilines is 3. The van der Waals surface area contributed by atoms with Gasteiger partial charge in [-0.2, -0.15) is 0 Å². The Kier molecular flexibility index (Phi) is 10.9. The molecule has 3 aromatic rings. The predicted molar refractivity (Wildman–Crippen MR) is 159 cm³/mol. The van der Waals surface area contributed by atoms with E-state index in [-0.39, 0.29) is 17.4 Å². The highest BCUT2D eigenvalue weighted by atomic mass is 127. The van der Waals surface area contributed by atoms with Crippen LogP contribution in [0.3, 0.4) is 0 Å². The van der Waals surface area contributed by atoms with Crippen LogP contribution in [-0.4, -0.2) is 36.1 Å². The number of phenols is 1. The van der Waals surface area contributed by atoms with Gasteiger partial charge in [0.2, 0.25) is 5.91 Å². The number of para-hydroxylation sites is 2. The van der Waals surface area contributed by atoms with E-state index >= 15 is 0 Å². The molecule has 0 aliphatic carbocycles. The molecule has 0 radical (unpaired) electrons. The van der Waals surface area contributed by atoms with Crippen molar-refractivity contribution < 1.29 is 29.0 Å². The van der Waals surface area contributed by atoms with Crippen molar-refractivity contribution in [2.45, 2.75) is 32.0 Å². The highest BCUT2D eigenvalue weighted by molar-refractivity contribution is 14.1. The third-order valence-corrected chi connectivity index (χ3v) is 6.49. The first-order valence-corrected chi connectivity index (χ1v) is 13.2. The topological polar surface area (TPSA) is 140 Å². The van der Waals surface area contributed by atoms with E-state index < -0.39 is 18.3 Å². The molecule has 0 aliphatic heterocycles. The van der Waals surface area contributed by atoms with Crippen LogP contribution in [0.4, 0.5) is 21.9 Å². The van der Waals surface area contributed by atoms with Gasteiger partial charge in [-0.25, -0.2) is 4.79 Å². The Bertz CT molecular complexity index is 1340. The standard InChI is InChI=1S/C29H30IN3O6/c1-18(34)19-11-14-21(15-12-19)32-29(37)39-28(22-17-20(30)13-16-25(22)35)26(38-2)9-5-6-10-27(36)33-24-8-4-3-7-23(24)31/h3-4,6-8,10-17,26,28,35H,5,9,31H2,1-2H3,(H,32,37)(H,33,36)/b10-6+/t26-,28-/m0/s1. The normalized spacial score (nSPS) is 12.5. The van der Waals surface area contributed by atoms with E-state index in [1.807, 2.05) is 0 Å². The number of carbonyl (C=O) groups excluding carboxylic acids is 3. The van der Waals surface area contributed by atoms with Crippen LogP contribution in [0, 0.1) is 3.57 Å². The van der Waals surface area contributed by atoms with Gasteiger partial charge in [-0.3, -0.25) is 14.9 Å². The molecule has 0 saturated heterocycles. The summed E-state index contributed by atoms with van der Waals surface area (Å²) in [6.45, 7) is 1.46. The predicted octanol–water partition coefficient (Wildman–Crippen LogP) is 6.06. The number of phenolic OH excluding ortho intramolecular Hbond substituents is 1. The highest BCUT2D eigenvalue weighted by Gasteiger charge is 2.29. The maximum atomic E-state index is 12.8. The molecular formula is C29H30IN3O6. The van der Waals surface area contributed by atoms with Gasteiger partial charge < -0.3 is 25.6 Å². The van der Waals surface area contributed by atoms with Crippen LogP contribution in [0.15, 0.2) is 78.9 Å². The fraction of sp³-hybridized carbons (Fsp3) is 0.207. The number of halogens is 1. The van der Waals surface area contributed by atoms with Crippen molar-refractivity contribution in [1.29, 1.82) is 0 Å². The highest BCUT2D eigenvalue weighted by Crippen LogP contribution is 2.34. The molecule has 9 nitrogen and oxygen atoms in total. The van der Waals surface area contributed by atoms with Crippen LogP contribution in [0.25, 0.3) is 0 Å². The van der Waals surface area contributed by atoms with Gasteiger partial charge in [0.25, 0.3) is 0 Å². The average Bonchev–Trinajstić information content (AvgIpc) is 2.91. The third-order valence-electron chi connectivity index (χ3n) is 5.81. The monoisotopic (exact) mass is 643 g/mol. The number of nitrogens with one attached hydrogen (secondary N) is 2. The number of nitrogens with two attached hydrogens (primary N) is 1. The summed E-state index contributed by atoms with van der Waals surface area (Å²) in [7, 11) is 1.49. The van der Waals surface area contributed by atoms with Crippen molar-refractivity contribution in [1.82, 2.24) is 0 Å². The van der Waals surface area contributed by atoms with Crippen molar-refractivity contribution in [2.75, 3.05) is 23.5 Å². The Morgan fingerprint density at radius 3 is 2.44 bits per heavy atom. The summed E-state index contributed by atoms with van der Waals surface area (Å²) in [6, 6.07) is 18.3. The van der Waals surface area contributed by atoms with Crippen molar-refractivity contribution in [3.05, 3.63) is 93.6 Å². The number of amides is 2. The Hall–Kier alpha value is -3.90. The summed E-state index contributed by atoms with van der Waals surface area (Å²) in [4.78, 5) is 36.6. The van der Waals surface area contributed by atoms with E-state index in [9.17, 15) is 19.5 Å². The molecule has 0 aliphatic rings. The minimum atomic E-state index is -0.951. The van der Waals surface area contributed by atoms with Crippen LogP contribution in [0.1, 0.15) is 41.8 Å². The van der Waals surface area contributed by atoms with Gasteiger partial charge in [0.15, 0.2) is 11.9 Å². The number of ketones is 1. The van der Waals surface area contributed by atoms with E-state index in [0.29, 0.717) is 41.0 Å². The van der Waals surface area contributed by atoms with E-state index in [1.54, 1.807) is 66.7 Å². The number of nitrogen functional groups attached to an aromatic ring is 1. The fourth-order valence-electron chi connectivity index (χ4n) is 3.77. The van der Waals surface area contributed by atoms with Crippen molar-refractivity contribution in [2.24, 2.45) is 0 Å². The maximum absolute atomic E-state index is 12.8. The van der Waals surface area contributed by atoms with E-state index in [1.165, 1.54) is 26.2 Å². The second-order valence-electron chi connectivity index (χ2n) is 8.62. The van der Waals surface area contributed by atoms with Crippen LogP contribution < -0.4 is 16.4 Å². The number of hydrogen-bond donors (Lipinski definition) is 4.